The van der Waals surface area contributed by atoms with Crippen LogP contribution < -0.4 is 16.1 Å². The molecule has 1 fully saturated rings. The summed E-state index contributed by atoms with van der Waals surface area (Å²) in [5, 5.41) is 9.33. The molecule has 0 saturated carbocycles. The fraction of sp³-hybridized carbons (Fsp3) is 0.571. The van der Waals surface area contributed by atoms with Gasteiger partial charge in [0.15, 0.2) is 0 Å². The molecule has 0 aromatic heterocycles. The van der Waals surface area contributed by atoms with Gasteiger partial charge < -0.3 is 20.7 Å². The molecule has 8 nitrogen and oxygen atoms in total. The Kier molecular flexibility index (Phi) is 21.3. The van der Waals surface area contributed by atoms with Crippen LogP contribution >= 0.6 is 0 Å². The van der Waals surface area contributed by atoms with Crippen molar-refractivity contribution in [1.82, 2.24) is 15.1 Å². The molecule has 1 unspecified atom stereocenters. The van der Waals surface area contributed by atoms with E-state index in [-0.39, 0.29) is 6.17 Å². The van der Waals surface area contributed by atoms with Crippen molar-refractivity contribution in [1.29, 1.82) is 0 Å². The van der Waals surface area contributed by atoms with Gasteiger partial charge in [-0.05, 0) is 32.4 Å². The normalized spacial score (nSPS) is 17.0. The molecule has 1 atom stereocenters. The Morgan fingerprint density at radius 3 is 2.36 bits per heavy atom. The maximum Gasteiger partial charge on any atom is 0.213 e. The lowest BCUT2D eigenvalue weighted by molar-refractivity contribution is -0.117. The van der Waals surface area contributed by atoms with E-state index in [1.54, 1.807) is 4.90 Å². The molecular weight excluding hydrogens is 452 g/mol. The largest absolute Gasteiger partial charge is 0.376 e. The molecule has 1 aromatic carbocycles. The van der Waals surface area contributed by atoms with E-state index in [0.717, 1.165) is 69.9 Å². The van der Waals surface area contributed by atoms with Crippen molar-refractivity contribution >= 4 is 18.3 Å². The minimum atomic E-state index is 0.00685. The smallest absolute Gasteiger partial charge is 0.213 e. The number of carbonyl (C=O) groups excluding carboxylic acids is 1. The molecule has 8 heteroatoms. The van der Waals surface area contributed by atoms with Gasteiger partial charge >= 0.3 is 0 Å². The maximum atomic E-state index is 11.1. The number of hydrazone groups is 1. The standard InChI is InChI=1S/C13H25N3O2.C9H11N3.C4H8.C2H6/c1-3-13(11-18-4-2)16(12-17)10-9-15-7-5-14-6-8-15;10-9-6-7-11-12(9)8-4-2-1-3-5-8;1-3-4-2;1-2/h3,12,14H,4-11H2,1-2H3;1-5,7,9H,6,10H2;3H,1,4H2,2H3;1-2H3/b13-3+;;;. The van der Waals surface area contributed by atoms with E-state index >= 15 is 0 Å². The number of nitrogens with one attached hydrogen (secondary N) is 1. The van der Waals surface area contributed by atoms with Gasteiger partial charge in [-0.1, -0.05) is 51.1 Å². The average Bonchev–Trinajstić information content (AvgIpc) is 3.39. The highest BCUT2D eigenvalue weighted by Crippen LogP contribution is 2.18. The second kappa shape index (κ2) is 22.9. The first kappa shape index (κ1) is 33.5. The number of amides is 1. The van der Waals surface area contributed by atoms with Crippen molar-refractivity contribution in [3.63, 3.8) is 0 Å². The van der Waals surface area contributed by atoms with Crippen LogP contribution in [0, 0.1) is 0 Å². The van der Waals surface area contributed by atoms with Crippen molar-refractivity contribution in [3.8, 4) is 0 Å². The van der Waals surface area contributed by atoms with Crippen LogP contribution in [-0.2, 0) is 9.53 Å². The Bertz CT molecular complexity index is 720. The van der Waals surface area contributed by atoms with Crippen LogP contribution in [0.25, 0.3) is 0 Å². The van der Waals surface area contributed by atoms with Gasteiger partial charge in [-0.3, -0.25) is 9.69 Å². The van der Waals surface area contributed by atoms with Crippen molar-refractivity contribution in [2.45, 2.75) is 53.6 Å². The van der Waals surface area contributed by atoms with E-state index in [1.807, 2.05) is 81.4 Å². The fourth-order valence-electron chi connectivity index (χ4n) is 3.25. The third kappa shape index (κ3) is 14.1. The summed E-state index contributed by atoms with van der Waals surface area (Å²) >= 11 is 0. The first-order valence-corrected chi connectivity index (χ1v) is 13.2. The Morgan fingerprint density at radius 1 is 1.25 bits per heavy atom. The van der Waals surface area contributed by atoms with Crippen LogP contribution in [0.2, 0.25) is 0 Å². The molecule has 204 valence electrons. The number of hydrogen-bond acceptors (Lipinski definition) is 7. The Hall–Kier alpha value is -2.52. The van der Waals surface area contributed by atoms with Gasteiger partial charge in [0.05, 0.1) is 12.3 Å². The summed E-state index contributed by atoms with van der Waals surface area (Å²) in [6.45, 7) is 20.5. The van der Waals surface area contributed by atoms with Crippen LogP contribution in [-0.4, -0.2) is 81.1 Å². The SMILES string of the molecule is C/C=C(\COCC)N(C=O)CCN1CCNCC1.C=CCC.CC.NC1CC=NN1c1ccccc1. The number of anilines is 1. The first-order valence-electron chi connectivity index (χ1n) is 13.2. The minimum Gasteiger partial charge on any atom is -0.376 e. The number of piperazine rings is 1. The van der Waals surface area contributed by atoms with Gasteiger partial charge in [0.2, 0.25) is 6.41 Å². The quantitative estimate of drug-likeness (QED) is 0.371. The maximum absolute atomic E-state index is 11.1. The van der Waals surface area contributed by atoms with Crippen LogP contribution in [0.3, 0.4) is 0 Å². The van der Waals surface area contributed by atoms with Gasteiger partial charge in [-0.15, -0.1) is 6.58 Å². The topological polar surface area (TPSA) is 86.4 Å². The van der Waals surface area contributed by atoms with Gasteiger partial charge in [0, 0.05) is 64.2 Å². The predicted molar refractivity (Wildman–Crippen MR) is 154 cm³/mol. The van der Waals surface area contributed by atoms with Crippen molar-refractivity contribution < 1.29 is 9.53 Å². The van der Waals surface area contributed by atoms with Crippen LogP contribution in [0.1, 0.15) is 47.5 Å². The van der Waals surface area contributed by atoms with E-state index in [4.69, 9.17) is 10.5 Å². The summed E-state index contributed by atoms with van der Waals surface area (Å²) in [5.41, 5.74) is 7.81. The van der Waals surface area contributed by atoms with E-state index < -0.39 is 0 Å². The predicted octanol–water partition coefficient (Wildman–Crippen LogP) is 4.07. The number of nitrogens with zero attached hydrogens (tertiary/aromatic N) is 4. The number of para-hydroxylation sites is 1. The summed E-state index contributed by atoms with van der Waals surface area (Å²) in [6.07, 6.45) is 8.48. The Labute approximate surface area is 219 Å². The zero-order valence-electron chi connectivity index (χ0n) is 23.2. The van der Waals surface area contributed by atoms with Crippen LogP contribution in [0.15, 0.2) is 59.9 Å². The van der Waals surface area contributed by atoms with E-state index in [0.29, 0.717) is 13.2 Å². The van der Waals surface area contributed by atoms with Crippen LogP contribution in [0.5, 0.6) is 0 Å². The molecular formula is C28H50N6O2. The third-order valence-electron chi connectivity index (χ3n) is 5.33. The van der Waals surface area contributed by atoms with E-state index in [9.17, 15) is 4.79 Å². The van der Waals surface area contributed by atoms with Crippen molar-refractivity contribution in [2.75, 3.05) is 57.5 Å². The summed E-state index contributed by atoms with van der Waals surface area (Å²) in [7, 11) is 0. The summed E-state index contributed by atoms with van der Waals surface area (Å²) in [4.78, 5) is 15.3. The van der Waals surface area contributed by atoms with Gasteiger partial charge in [0.25, 0.3) is 0 Å². The highest BCUT2D eigenvalue weighted by atomic mass is 16.5. The molecule has 0 radical (unpaired) electrons. The molecule has 2 aliphatic rings. The Balaban J connectivity index is 0.000000583. The van der Waals surface area contributed by atoms with Crippen molar-refractivity contribution in [2.24, 2.45) is 10.8 Å². The van der Waals surface area contributed by atoms with E-state index in [2.05, 4.69) is 28.8 Å². The summed E-state index contributed by atoms with van der Waals surface area (Å²) in [5.74, 6) is 0. The van der Waals surface area contributed by atoms with Gasteiger partial charge in [-0.25, -0.2) is 5.01 Å². The number of hydrogen-bond donors (Lipinski definition) is 2. The first-order chi connectivity index (χ1) is 17.6. The fourth-order valence-corrected chi connectivity index (χ4v) is 3.25. The zero-order valence-corrected chi connectivity index (χ0v) is 23.2. The molecule has 1 aromatic rings. The molecule has 0 aliphatic carbocycles. The number of rotatable bonds is 10. The second-order valence-corrected chi connectivity index (χ2v) is 7.79. The molecule has 3 rings (SSSR count). The lowest BCUT2D eigenvalue weighted by Crippen LogP contribution is -2.46. The number of ether oxygens (including phenoxy) is 1. The highest BCUT2D eigenvalue weighted by Gasteiger charge is 2.17. The molecule has 2 aliphatic heterocycles. The number of benzene rings is 1. The molecule has 36 heavy (non-hydrogen) atoms. The molecule has 0 spiro atoms. The van der Waals surface area contributed by atoms with E-state index in [1.165, 1.54) is 0 Å². The lowest BCUT2D eigenvalue weighted by atomic mass is 10.3. The second-order valence-electron chi connectivity index (χ2n) is 7.79. The molecule has 0 bridgehead atoms. The highest BCUT2D eigenvalue weighted by molar-refractivity contribution is 5.66. The Morgan fingerprint density at radius 2 is 1.89 bits per heavy atom. The number of allylic oxidation sites excluding steroid dienone is 2. The third-order valence-corrected chi connectivity index (χ3v) is 5.33. The minimum absolute atomic E-state index is 0.00685. The molecule has 1 saturated heterocycles. The number of carbonyl (C=O) groups is 1. The lowest BCUT2D eigenvalue weighted by Gasteiger charge is -2.29. The monoisotopic (exact) mass is 502 g/mol. The molecule has 2 heterocycles. The van der Waals surface area contributed by atoms with Crippen molar-refractivity contribution in [3.05, 3.63) is 54.8 Å². The number of nitrogens with two attached hydrogens (primary N) is 1. The summed E-state index contributed by atoms with van der Waals surface area (Å²) in [6, 6.07) is 9.95. The zero-order chi connectivity index (χ0) is 27.0. The van der Waals surface area contributed by atoms with Gasteiger partial charge in [-0.2, -0.15) is 5.10 Å². The van der Waals surface area contributed by atoms with Gasteiger partial charge in [0.1, 0.15) is 6.17 Å². The summed E-state index contributed by atoms with van der Waals surface area (Å²) < 4.78 is 5.37. The molecule has 1 amide bonds. The average molecular weight is 503 g/mol. The molecule has 3 N–H and O–H groups in total. The van der Waals surface area contributed by atoms with Crippen LogP contribution in [0.4, 0.5) is 5.69 Å².